The van der Waals surface area contributed by atoms with Crippen molar-refractivity contribution in [3.63, 3.8) is 0 Å². The van der Waals surface area contributed by atoms with Crippen LogP contribution in [0.4, 0.5) is 0 Å². The lowest BCUT2D eigenvalue weighted by molar-refractivity contribution is 0.102. The van der Waals surface area contributed by atoms with Crippen LogP contribution in [-0.2, 0) is 0 Å². The number of ether oxygens (including phenoxy) is 6. The zero-order valence-corrected chi connectivity index (χ0v) is 64.3. The van der Waals surface area contributed by atoms with E-state index in [0.717, 1.165) is 11.1 Å². The van der Waals surface area contributed by atoms with Crippen molar-refractivity contribution in [1.82, 2.24) is 0 Å². The minimum atomic E-state index is -0.212. The summed E-state index contributed by atoms with van der Waals surface area (Å²) in [7, 11) is 3.15. The Bertz CT molecular complexity index is 6170. The molecule has 15 rings (SSSR count). The van der Waals surface area contributed by atoms with Gasteiger partial charge in [0.05, 0.1) is 14.2 Å². The summed E-state index contributed by atoms with van der Waals surface area (Å²) in [6.07, 6.45) is 0. The normalized spacial score (nSPS) is 10.6. The molecular weight excluding hydrogens is 1490 g/mol. The van der Waals surface area contributed by atoms with E-state index < -0.39 is 0 Å². The molecule has 15 heteroatoms. The molecule has 0 atom stereocenters. The highest BCUT2D eigenvalue weighted by Crippen LogP contribution is 2.31. The molecule has 0 spiro atoms. The van der Waals surface area contributed by atoms with Gasteiger partial charge in [0.15, 0.2) is 52.0 Å². The molecule has 0 fully saturated rings. The molecule has 0 radical (unpaired) electrons. The highest BCUT2D eigenvalue weighted by Gasteiger charge is 2.20. The molecule has 0 aliphatic carbocycles. The van der Waals surface area contributed by atoms with E-state index in [-0.39, 0.29) is 59.5 Å². The summed E-state index contributed by atoms with van der Waals surface area (Å²) in [5.41, 5.74) is 11.2. The highest BCUT2D eigenvalue weighted by atomic mass is 16.5. The Morgan fingerprint density at radius 2 is 0.227 bits per heavy atom. The summed E-state index contributed by atoms with van der Waals surface area (Å²) < 4.78 is 34.2. The molecule has 15 aromatic carbocycles. The molecule has 0 aliphatic heterocycles. The molecule has 0 bridgehead atoms. The van der Waals surface area contributed by atoms with E-state index >= 15 is 0 Å². The van der Waals surface area contributed by atoms with Gasteiger partial charge in [0.1, 0.15) is 57.5 Å². The second-order valence-corrected chi connectivity index (χ2v) is 27.5. The van der Waals surface area contributed by atoms with E-state index in [0.29, 0.717) is 158 Å². The lowest BCUT2D eigenvalue weighted by atomic mass is 9.98. The van der Waals surface area contributed by atoms with E-state index in [1.54, 1.807) is 354 Å². The van der Waals surface area contributed by atoms with Crippen molar-refractivity contribution in [2.45, 2.75) is 21.3 Å². The zero-order chi connectivity index (χ0) is 82.2. The molecule has 0 aromatic heterocycles. The van der Waals surface area contributed by atoms with Gasteiger partial charge in [0.25, 0.3) is 0 Å². The number of hydrogen-bond donors (Lipinski definition) is 0. The lowest BCUT2D eigenvalue weighted by Gasteiger charge is -2.09. The van der Waals surface area contributed by atoms with Gasteiger partial charge in [-0.1, -0.05) is 140 Å². The fourth-order valence-corrected chi connectivity index (χ4v) is 12.7. The van der Waals surface area contributed by atoms with E-state index in [1.807, 2.05) is 38.1 Å². The fourth-order valence-electron chi connectivity index (χ4n) is 12.7. The molecule has 0 heterocycles. The molecule has 0 saturated heterocycles. The second kappa shape index (κ2) is 37.4. The van der Waals surface area contributed by atoms with Gasteiger partial charge in [-0.2, -0.15) is 0 Å². The Hall–Kier alpha value is -15.9. The summed E-state index contributed by atoms with van der Waals surface area (Å²) >= 11 is 0. The van der Waals surface area contributed by atoms with Gasteiger partial charge in [0.2, 0.25) is 0 Å². The van der Waals surface area contributed by atoms with Crippen molar-refractivity contribution in [1.29, 1.82) is 0 Å². The van der Waals surface area contributed by atoms with Crippen LogP contribution in [0.2, 0.25) is 0 Å². The van der Waals surface area contributed by atoms with Crippen LogP contribution in [0.25, 0.3) is 0 Å². The van der Waals surface area contributed by atoms with Crippen LogP contribution in [0.5, 0.6) is 57.5 Å². The smallest absolute Gasteiger partial charge is 0.193 e. The van der Waals surface area contributed by atoms with Crippen LogP contribution in [0.15, 0.2) is 364 Å². The summed E-state index contributed by atoms with van der Waals surface area (Å²) in [6.45, 7) is 3.93. The first-order chi connectivity index (χ1) is 57.3. The summed E-state index contributed by atoms with van der Waals surface area (Å²) in [5.74, 6) is 4.25. The van der Waals surface area contributed by atoms with Gasteiger partial charge >= 0.3 is 0 Å². The minimum Gasteiger partial charge on any atom is -0.497 e. The van der Waals surface area contributed by atoms with Crippen molar-refractivity contribution in [2.75, 3.05) is 14.2 Å². The number of benzene rings is 15. The summed E-state index contributed by atoms with van der Waals surface area (Å²) in [4.78, 5) is 117. The maximum atomic E-state index is 13.3. The predicted octanol–water partition coefficient (Wildman–Crippen LogP) is 22.9. The van der Waals surface area contributed by atoms with Crippen molar-refractivity contribution >= 4 is 52.0 Å². The number of rotatable bonds is 28. The fraction of sp³-hybridized carbons (Fsp3) is 0.0481. The number of carbonyl (C=O) groups excluding carboxylic acids is 9. The number of ketones is 9. The van der Waals surface area contributed by atoms with Crippen LogP contribution in [0.1, 0.15) is 162 Å². The van der Waals surface area contributed by atoms with E-state index in [2.05, 4.69) is 0 Å². The summed E-state index contributed by atoms with van der Waals surface area (Å²) in [5, 5.41) is 0. The Balaban J connectivity index is 0.000000206. The van der Waals surface area contributed by atoms with E-state index in [4.69, 9.17) is 28.4 Å². The third kappa shape index (κ3) is 20.0. The Morgan fingerprint density at radius 1 is 0.143 bits per heavy atom. The number of carbonyl (C=O) groups is 9. The van der Waals surface area contributed by atoms with Crippen LogP contribution >= 0.6 is 0 Å². The third-order valence-electron chi connectivity index (χ3n) is 19.4. The Kier molecular flexibility index (Phi) is 25.5. The first-order valence-electron chi connectivity index (χ1n) is 37.5. The topological polar surface area (TPSA) is 209 Å². The largest absolute Gasteiger partial charge is 0.497 e. The second-order valence-electron chi connectivity index (χ2n) is 27.5. The predicted molar refractivity (Wildman–Crippen MR) is 457 cm³/mol. The lowest BCUT2D eigenvalue weighted by Crippen LogP contribution is -2.04. The van der Waals surface area contributed by atoms with Gasteiger partial charge in [-0.05, 0) is 257 Å². The molecule has 15 aromatic rings. The SMILES string of the molecule is C.COc1ccc(C(=O)c2ccc(Oc3ccc(C(=O)c4ccc(C(=O)c5ccc(Oc6ccc(C(=O)c7ccc(C(=O)c8ccc(C)cc8)cc7)cc6)cc5)cc4)cc3)cc2)cc1.COc1ccc(C(=O)c2ccc(Oc3ccc(C(=O)c4ccc(Oc5ccc(C(=O)c6ccc(C(=O)c7ccc(C)cc7)cc6)cc5)cc4)cc3)cc2)cc1. The van der Waals surface area contributed by atoms with Crippen molar-refractivity contribution in [3.8, 4) is 57.5 Å². The third-order valence-corrected chi connectivity index (χ3v) is 19.4. The quantitative estimate of drug-likeness (QED) is 0.0418. The molecule has 0 saturated carbocycles. The van der Waals surface area contributed by atoms with E-state index in [9.17, 15) is 43.2 Å². The minimum absolute atomic E-state index is 0. The highest BCUT2D eigenvalue weighted by molar-refractivity contribution is 6.15. The van der Waals surface area contributed by atoms with Gasteiger partial charge < -0.3 is 28.4 Å². The average Bonchev–Trinajstić information content (AvgIpc) is 0.834. The number of aryl methyl sites for hydroxylation is 2. The Morgan fingerprint density at radius 3 is 0.328 bits per heavy atom. The van der Waals surface area contributed by atoms with E-state index in [1.165, 1.54) is 0 Å². The van der Waals surface area contributed by atoms with Crippen LogP contribution in [0, 0.1) is 13.8 Å². The van der Waals surface area contributed by atoms with Gasteiger partial charge in [-0.15, -0.1) is 0 Å². The average molecular weight is 1570 g/mol. The summed E-state index contributed by atoms with van der Waals surface area (Å²) in [6, 6.07) is 103. The van der Waals surface area contributed by atoms with Crippen LogP contribution < -0.4 is 28.4 Å². The first-order valence-corrected chi connectivity index (χ1v) is 37.5. The van der Waals surface area contributed by atoms with Crippen molar-refractivity contribution in [3.05, 3.63) is 475 Å². The molecule has 0 amide bonds. The Labute approximate surface area is 687 Å². The zero-order valence-electron chi connectivity index (χ0n) is 64.3. The maximum absolute atomic E-state index is 13.3. The molecule has 0 unspecified atom stereocenters. The number of hydrogen-bond acceptors (Lipinski definition) is 15. The van der Waals surface area contributed by atoms with Crippen LogP contribution in [0.3, 0.4) is 0 Å². The standard InChI is InChI=1S/C55H38O8.C48H34O7.CH4/c1-35-3-5-36(6-4-35)51(56)37-7-9-38(10-8-37)52(57)42-17-27-47(28-18-42)62-48-29-19-43(20-30-48)53(58)39-11-13-40(14-12-39)54(59)44-21-31-49(32-22-44)63-50-33-23-45(24-34-50)55(60)41-15-25-46(61-2)26-16-41;1-31-3-5-32(6-4-31)45(49)33-7-9-34(10-8-33)46(50)36-13-23-41(24-14-36)54-43-27-17-38(18-28-43)48(52)39-19-29-44(30-20-39)55-42-25-15-37(16-26-42)47(51)35-11-21-40(53-2)22-12-35;/h3-34H,1-2H3;3-30H,1-2H3;1H4. The number of methoxy groups -OCH3 is 2. The molecule has 15 nitrogen and oxygen atoms in total. The van der Waals surface area contributed by atoms with Crippen LogP contribution in [-0.4, -0.2) is 66.3 Å². The van der Waals surface area contributed by atoms with Gasteiger partial charge in [-0.3, -0.25) is 43.2 Å². The van der Waals surface area contributed by atoms with Gasteiger partial charge in [-0.25, -0.2) is 0 Å². The van der Waals surface area contributed by atoms with Gasteiger partial charge in [0, 0.05) is 100 Å². The van der Waals surface area contributed by atoms with Crippen molar-refractivity contribution in [2.24, 2.45) is 0 Å². The molecular formula is C104H76O15. The molecule has 582 valence electrons. The first kappa shape index (κ1) is 81.2. The maximum Gasteiger partial charge on any atom is 0.193 e. The monoisotopic (exact) mass is 1560 g/mol. The molecule has 0 aliphatic rings. The molecule has 0 N–H and O–H groups in total. The van der Waals surface area contributed by atoms with Crippen molar-refractivity contribution < 1.29 is 71.6 Å². The molecule has 119 heavy (non-hydrogen) atoms.